The first-order chi connectivity index (χ1) is 12.9. The van der Waals surface area contributed by atoms with Gasteiger partial charge in [0.1, 0.15) is 0 Å². The monoisotopic (exact) mass is 384 g/mol. The van der Waals surface area contributed by atoms with E-state index in [1.807, 2.05) is 0 Å². The fourth-order valence-corrected chi connectivity index (χ4v) is 5.24. The van der Waals surface area contributed by atoms with Crippen molar-refractivity contribution in [2.24, 2.45) is 0 Å². The van der Waals surface area contributed by atoms with Crippen LogP contribution in [0.1, 0.15) is 69.7 Å². The summed E-state index contributed by atoms with van der Waals surface area (Å²) in [5.41, 5.74) is 10.1. The lowest BCUT2D eigenvalue weighted by Crippen LogP contribution is -2.46. The van der Waals surface area contributed by atoms with Gasteiger partial charge >= 0.3 is 0 Å². The van der Waals surface area contributed by atoms with E-state index in [-0.39, 0.29) is 5.54 Å². The molecule has 2 atom stereocenters. The molecule has 5 heteroatoms. The third-order valence-corrected chi connectivity index (χ3v) is 6.89. The van der Waals surface area contributed by atoms with E-state index >= 15 is 0 Å². The average molecular weight is 385 g/mol. The molecule has 2 saturated heterocycles. The van der Waals surface area contributed by atoms with Gasteiger partial charge in [0, 0.05) is 29.7 Å². The highest BCUT2D eigenvalue weighted by atomic mass is 32.1. The molecule has 3 heterocycles. The lowest BCUT2D eigenvalue weighted by atomic mass is 9.88. The minimum Gasteiger partial charge on any atom is -0.375 e. The van der Waals surface area contributed by atoms with E-state index in [9.17, 15) is 0 Å². The van der Waals surface area contributed by atoms with Crippen LogP contribution in [0.25, 0.3) is 0 Å². The highest BCUT2D eigenvalue weighted by Gasteiger charge is 2.30. The molecule has 2 N–H and O–H groups in total. The fourth-order valence-electron chi connectivity index (χ4n) is 4.63. The lowest BCUT2D eigenvalue weighted by molar-refractivity contribution is 0.0986. The maximum Gasteiger partial charge on any atom is 0.180 e. The standard InChI is InChI=1S/C22H32N4S/c1-22(2,3)25-12-4-6-17(14-25)16-8-10-18(11-9-16)26-13-5-7-20(26)19-15-27-21(23)24-19/h8-11,15,17,20H,4-7,12-14H2,1-3H3,(H2,23,24). The largest absolute Gasteiger partial charge is 0.375 e. The Kier molecular flexibility index (Phi) is 5.17. The van der Waals surface area contributed by atoms with E-state index < -0.39 is 0 Å². The second-order valence-corrected chi connectivity index (χ2v) is 9.90. The van der Waals surface area contributed by atoms with Crippen molar-refractivity contribution in [3.63, 3.8) is 0 Å². The van der Waals surface area contributed by atoms with E-state index in [1.165, 1.54) is 43.6 Å². The van der Waals surface area contributed by atoms with Crippen LogP contribution in [0, 0.1) is 0 Å². The van der Waals surface area contributed by atoms with Gasteiger partial charge in [0.15, 0.2) is 5.13 Å². The van der Waals surface area contributed by atoms with Gasteiger partial charge in [0.25, 0.3) is 0 Å². The van der Waals surface area contributed by atoms with Crippen molar-refractivity contribution < 1.29 is 0 Å². The first-order valence-electron chi connectivity index (χ1n) is 10.2. The smallest absolute Gasteiger partial charge is 0.180 e. The number of thiazole rings is 1. The van der Waals surface area contributed by atoms with Gasteiger partial charge in [-0.15, -0.1) is 11.3 Å². The molecule has 0 bridgehead atoms. The van der Waals surface area contributed by atoms with Gasteiger partial charge in [-0.1, -0.05) is 12.1 Å². The molecular formula is C22H32N4S. The molecule has 1 aromatic heterocycles. The van der Waals surface area contributed by atoms with Gasteiger partial charge in [-0.25, -0.2) is 4.98 Å². The predicted octanol–water partition coefficient (Wildman–Crippen LogP) is 5.04. The number of rotatable bonds is 3. The Labute approximate surface area is 167 Å². The molecule has 1 aromatic carbocycles. The van der Waals surface area contributed by atoms with Crippen LogP contribution >= 0.6 is 11.3 Å². The van der Waals surface area contributed by atoms with Crippen molar-refractivity contribution in [1.29, 1.82) is 0 Å². The Morgan fingerprint density at radius 1 is 1.07 bits per heavy atom. The molecule has 0 saturated carbocycles. The molecule has 4 nitrogen and oxygen atoms in total. The number of nitrogens with two attached hydrogens (primary N) is 1. The van der Waals surface area contributed by atoms with Crippen LogP contribution in [0.3, 0.4) is 0 Å². The number of piperidine rings is 1. The van der Waals surface area contributed by atoms with Crippen molar-refractivity contribution in [1.82, 2.24) is 9.88 Å². The minimum absolute atomic E-state index is 0.261. The molecule has 2 aliphatic heterocycles. The number of hydrogen-bond donors (Lipinski definition) is 1. The van der Waals surface area contributed by atoms with Crippen molar-refractivity contribution in [2.75, 3.05) is 30.3 Å². The summed E-state index contributed by atoms with van der Waals surface area (Å²) in [7, 11) is 0. The fraction of sp³-hybridized carbons (Fsp3) is 0.591. The second-order valence-electron chi connectivity index (χ2n) is 9.01. The molecule has 0 amide bonds. The first kappa shape index (κ1) is 18.8. The molecule has 0 radical (unpaired) electrons. The van der Waals surface area contributed by atoms with Gasteiger partial charge in [-0.2, -0.15) is 0 Å². The zero-order valence-corrected chi connectivity index (χ0v) is 17.6. The number of hydrogen-bond acceptors (Lipinski definition) is 5. The zero-order valence-electron chi connectivity index (χ0n) is 16.8. The Hall–Kier alpha value is -1.59. The average Bonchev–Trinajstić information content (AvgIpc) is 3.30. The molecule has 0 aliphatic carbocycles. The Bertz CT molecular complexity index is 761. The van der Waals surface area contributed by atoms with Crippen LogP contribution in [-0.4, -0.2) is 35.1 Å². The second kappa shape index (κ2) is 7.44. The van der Waals surface area contributed by atoms with Crippen LogP contribution in [0.15, 0.2) is 29.6 Å². The lowest BCUT2D eigenvalue weighted by Gasteiger charge is -2.41. The highest BCUT2D eigenvalue weighted by Crippen LogP contribution is 2.38. The number of anilines is 2. The topological polar surface area (TPSA) is 45.4 Å². The number of aromatic nitrogens is 1. The quantitative estimate of drug-likeness (QED) is 0.805. The summed E-state index contributed by atoms with van der Waals surface area (Å²) in [6.07, 6.45) is 4.97. The molecule has 2 aromatic rings. The summed E-state index contributed by atoms with van der Waals surface area (Å²) in [5, 5.41) is 2.79. The number of likely N-dealkylation sites (tertiary alicyclic amines) is 1. The Morgan fingerprint density at radius 3 is 2.48 bits per heavy atom. The molecule has 27 heavy (non-hydrogen) atoms. The van der Waals surface area contributed by atoms with Gasteiger partial charge in [0.2, 0.25) is 0 Å². The molecule has 2 aliphatic rings. The van der Waals surface area contributed by atoms with Crippen LogP contribution in [0.4, 0.5) is 10.8 Å². The zero-order chi connectivity index (χ0) is 19.0. The third-order valence-electron chi connectivity index (χ3n) is 6.20. The van der Waals surface area contributed by atoms with Crippen molar-refractivity contribution in [2.45, 2.75) is 64.0 Å². The van der Waals surface area contributed by atoms with E-state index in [0.717, 1.165) is 18.7 Å². The van der Waals surface area contributed by atoms with Crippen LogP contribution in [-0.2, 0) is 0 Å². The van der Waals surface area contributed by atoms with Crippen LogP contribution in [0.2, 0.25) is 0 Å². The summed E-state index contributed by atoms with van der Waals surface area (Å²) in [6.45, 7) is 10.5. The molecule has 0 spiro atoms. The highest BCUT2D eigenvalue weighted by molar-refractivity contribution is 7.13. The molecule has 2 unspecified atom stereocenters. The number of nitrogens with zero attached hydrogens (tertiary/aromatic N) is 3. The van der Waals surface area contributed by atoms with Crippen LogP contribution < -0.4 is 10.6 Å². The SMILES string of the molecule is CC(C)(C)N1CCCC(c2ccc(N3CCCC3c3csc(N)n3)cc2)C1. The van der Waals surface area contributed by atoms with Crippen molar-refractivity contribution in [3.8, 4) is 0 Å². The third kappa shape index (κ3) is 3.99. The summed E-state index contributed by atoms with van der Waals surface area (Å²) in [4.78, 5) is 9.68. The van der Waals surface area contributed by atoms with E-state index in [0.29, 0.717) is 17.1 Å². The molecule has 4 rings (SSSR count). The Balaban J connectivity index is 1.49. The maximum absolute atomic E-state index is 5.86. The number of benzene rings is 1. The summed E-state index contributed by atoms with van der Waals surface area (Å²) in [6, 6.07) is 9.72. The first-order valence-corrected chi connectivity index (χ1v) is 11.1. The summed E-state index contributed by atoms with van der Waals surface area (Å²) < 4.78 is 0. The number of nitrogen functional groups attached to an aromatic ring is 1. The molecule has 2 fully saturated rings. The maximum atomic E-state index is 5.86. The van der Waals surface area contributed by atoms with Gasteiger partial charge in [0.05, 0.1) is 11.7 Å². The summed E-state index contributed by atoms with van der Waals surface area (Å²) in [5.74, 6) is 0.653. The summed E-state index contributed by atoms with van der Waals surface area (Å²) >= 11 is 1.55. The van der Waals surface area contributed by atoms with E-state index in [4.69, 9.17) is 5.73 Å². The molecule has 146 valence electrons. The van der Waals surface area contributed by atoms with Gasteiger partial charge in [-0.3, -0.25) is 4.90 Å². The van der Waals surface area contributed by atoms with Gasteiger partial charge < -0.3 is 10.6 Å². The minimum atomic E-state index is 0.261. The van der Waals surface area contributed by atoms with Crippen LogP contribution in [0.5, 0.6) is 0 Å². The van der Waals surface area contributed by atoms with Crippen molar-refractivity contribution >= 4 is 22.2 Å². The predicted molar refractivity (Wildman–Crippen MR) is 116 cm³/mol. The normalized spacial score (nSPS) is 24.5. The Morgan fingerprint density at radius 2 is 1.81 bits per heavy atom. The van der Waals surface area contributed by atoms with E-state index in [2.05, 4.69) is 65.2 Å². The van der Waals surface area contributed by atoms with Crippen molar-refractivity contribution in [3.05, 3.63) is 40.9 Å². The van der Waals surface area contributed by atoms with Gasteiger partial charge in [-0.05, 0) is 76.6 Å². The van der Waals surface area contributed by atoms with E-state index in [1.54, 1.807) is 11.3 Å². The molecular weight excluding hydrogens is 352 g/mol.